The van der Waals surface area contributed by atoms with Crippen molar-refractivity contribution >= 4 is 27.5 Å². The quantitative estimate of drug-likeness (QED) is 0.723. The lowest BCUT2D eigenvalue weighted by Gasteiger charge is -2.21. The molecule has 0 fully saturated rings. The van der Waals surface area contributed by atoms with Crippen LogP contribution < -0.4 is 19.9 Å². The fourth-order valence-electron chi connectivity index (χ4n) is 3.38. The molecule has 1 aliphatic heterocycles. The molecule has 2 aromatic carbocycles. The number of benzene rings is 2. The molecule has 0 aliphatic carbocycles. The minimum Gasteiger partial charge on any atom is -0.494 e. The minimum atomic E-state index is -3.39. The van der Waals surface area contributed by atoms with E-state index < -0.39 is 21.8 Å². The highest BCUT2D eigenvalue weighted by atomic mass is 32.2. The summed E-state index contributed by atoms with van der Waals surface area (Å²) in [6.07, 6.45) is 1.68. The molecular formula is C20H23N3O5S. The van der Waals surface area contributed by atoms with Crippen molar-refractivity contribution in [3.63, 3.8) is 0 Å². The van der Waals surface area contributed by atoms with Crippen LogP contribution in [-0.2, 0) is 16.4 Å². The Hall–Kier alpha value is -3.07. The first-order valence-electron chi connectivity index (χ1n) is 9.16. The highest BCUT2D eigenvalue weighted by molar-refractivity contribution is 7.92. The number of hydrogen-bond acceptors (Lipinski definition) is 5. The van der Waals surface area contributed by atoms with Gasteiger partial charge in [-0.2, -0.15) is 0 Å². The van der Waals surface area contributed by atoms with Crippen LogP contribution in [0.15, 0.2) is 42.5 Å². The fourth-order valence-corrected chi connectivity index (χ4v) is 4.64. The van der Waals surface area contributed by atoms with Gasteiger partial charge in [-0.1, -0.05) is 0 Å². The summed E-state index contributed by atoms with van der Waals surface area (Å²) in [5, 5.41) is 0. The number of hydrazine groups is 1. The number of ether oxygens (including phenoxy) is 1. The number of fused-ring (bicyclic) bond motifs is 1. The Balaban J connectivity index is 1.66. The summed E-state index contributed by atoms with van der Waals surface area (Å²) < 4.78 is 30.7. The molecule has 2 N–H and O–H groups in total. The number of rotatable bonds is 5. The third kappa shape index (κ3) is 4.51. The van der Waals surface area contributed by atoms with Crippen LogP contribution in [0.25, 0.3) is 0 Å². The first kappa shape index (κ1) is 20.7. The van der Waals surface area contributed by atoms with Crippen LogP contribution in [0, 0.1) is 0 Å². The number of sulfonamides is 1. The largest absolute Gasteiger partial charge is 0.494 e. The van der Waals surface area contributed by atoms with E-state index in [1.54, 1.807) is 36.4 Å². The average Bonchev–Trinajstić information content (AvgIpc) is 3.01. The number of anilines is 1. The Labute approximate surface area is 169 Å². The molecule has 0 bridgehead atoms. The molecule has 0 spiro atoms. The van der Waals surface area contributed by atoms with E-state index in [9.17, 15) is 18.0 Å². The predicted octanol–water partition coefficient (Wildman–Crippen LogP) is 1.87. The zero-order valence-electron chi connectivity index (χ0n) is 16.4. The maximum Gasteiger partial charge on any atom is 0.269 e. The number of carbonyl (C=O) groups excluding carboxylic acids is 2. The van der Waals surface area contributed by atoms with Gasteiger partial charge in [-0.05, 0) is 68.3 Å². The Kier molecular flexibility index (Phi) is 5.78. The Morgan fingerprint density at radius 1 is 1.07 bits per heavy atom. The first-order chi connectivity index (χ1) is 13.7. The van der Waals surface area contributed by atoms with Crippen molar-refractivity contribution < 1.29 is 22.7 Å². The normalized spacial score (nSPS) is 15.6. The first-order valence-corrected chi connectivity index (χ1v) is 11.0. The maximum atomic E-state index is 12.4. The van der Waals surface area contributed by atoms with E-state index in [1.165, 1.54) is 10.4 Å². The maximum absolute atomic E-state index is 12.4. The summed E-state index contributed by atoms with van der Waals surface area (Å²) in [4.78, 5) is 24.6. The van der Waals surface area contributed by atoms with Crippen molar-refractivity contribution in [2.75, 3.05) is 17.2 Å². The van der Waals surface area contributed by atoms with Gasteiger partial charge in [0, 0.05) is 17.2 Å². The highest BCUT2D eigenvalue weighted by Gasteiger charge is 2.32. The Morgan fingerprint density at radius 2 is 1.66 bits per heavy atom. The van der Waals surface area contributed by atoms with Gasteiger partial charge in [0.05, 0.1) is 18.6 Å². The molecule has 154 valence electrons. The summed E-state index contributed by atoms with van der Waals surface area (Å²) in [5.41, 5.74) is 6.81. The number of nitrogens with zero attached hydrogens (tertiary/aromatic N) is 1. The van der Waals surface area contributed by atoms with Crippen molar-refractivity contribution in [3.8, 4) is 5.75 Å². The Bertz CT molecular complexity index is 1030. The van der Waals surface area contributed by atoms with Gasteiger partial charge in [0.15, 0.2) is 0 Å². The number of carbonyl (C=O) groups is 2. The molecule has 2 aromatic rings. The molecule has 0 radical (unpaired) electrons. The van der Waals surface area contributed by atoms with Crippen molar-refractivity contribution in [2.45, 2.75) is 26.3 Å². The van der Waals surface area contributed by atoms with Gasteiger partial charge < -0.3 is 4.74 Å². The standard InChI is InChI=1S/C20H23N3O5S/c1-4-28-17-8-5-14(6-9-17)19(24)21-22-20(25)15-7-10-18-16(12-15)11-13(2)23(18)29(3,26)27/h5-10,12-13H,4,11H2,1-3H3,(H,21,24)(H,22,25)/t13-/m1/s1. The van der Waals surface area contributed by atoms with Gasteiger partial charge in [-0.15, -0.1) is 0 Å². The molecule has 0 saturated heterocycles. The minimum absolute atomic E-state index is 0.210. The van der Waals surface area contributed by atoms with Gasteiger partial charge in [-0.25, -0.2) is 8.42 Å². The monoisotopic (exact) mass is 417 g/mol. The molecule has 1 heterocycles. The third-order valence-corrected chi connectivity index (χ3v) is 5.84. The van der Waals surface area contributed by atoms with Crippen LogP contribution in [0.4, 0.5) is 5.69 Å². The van der Waals surface area contributed by atoms with E-state index in [0.29, 0.717) is 35.6 Å². The third-order valence-electron chi connectivity index (χ3n) is 4.57. The van der Waals surface area contributed by atoms with E-state index in [2.05, 4.69) is 10.9 Å². The molecule has 1 aliphatic rings. The van der Waals surface area contributed by atoms with Gasteiger partial charge in [0.2, 0.25) is 10.0 Å². The highest BCUT2D eigenvalue weighted by Crippen LogP contribution is 2.34. The van der Waals surface area contributed by atoms with E-state index in [4.69, 9.17) is 4.74 Å². The number of hydrogen-bond donors (Lipinski definition) is 2. The predicted molar refractivity (Wildman–Crippen MR) is 109 cm³/mol. The summed E-state index contributed by atoms with van der Waals surface area (Å²) in [6, 6.07) is 11.1. The molecule has 9 heteroatoms. The SMILES string of the molecule is CCOc1ccc(C(=O)NNC(=O)c2ccc3c(c2)C[C@@H](C)N3S(C)(=O)=O)cc1. The smallest absolute Gasteiger partial charge is 0.269 e. The lowest BCUT2D eigenvalue weighted by Crippen LogP contribution is -2.41. The summed E-state index contributed by atoms with van der Waals surface area (Å²) in [5.74, 6) is -0.291. The second kappa shape index (κ2) is 8.12. The molecule has 0 aromatic heterocycles. The van der Waals surface area contributed by atoms with Crippen LogP contribution in [0.5, 0.6) is 5.75 Å². The zero-order chi connectivity index (χ0) is 21.2. The van der Waals surface area contributed by atoms with Crippen LogP contribution in [0.1, 0.15) is 40.1 Å². The molecule has 8 nitrogen and oxygen atoms in total. The molecule has 3 rings (SSSR count). The lowest BCUT2D eigenvalue weighted by atomic mass is 10.1. The van der Waals surface area contributed by atoms with Gasteiger partial charge in [-0.3, -0.25) is 24.7 Å². The summed E-state index contributed by atoms with van der Waals surface area (Å²) in [7, 11) is -3.39. The summed E-state index contributed by atoms with van der Waals surface area (Å²) >= 11 is 0. The van der Waals surface area contributed by atoms with Crippen molar-refractivity contribution in [1.82, 2.24) is 10.9 Å². The molecule has 29 heavy (non-hydrogen) atoms. The van der Waals surface area contributed by atoms with Crippen LogP contribution in [-0.4, -0.2) is 39.1 Å². The summed E-state index contributed by atoms with van der Waals surface area (Å²) in [6.45, 7) is 4.22. The van der Waals surface area contributed by atoms with Crippen molar-refractivity contribution in [2.24, 2.45) is 0 Å². The van der Waals surface area contributed by atoms with E-state index in [0.717, 1.165) is 11.8 Å². The lowest BCUT2D eigenvalue weighted by molar-refractivity contribution is 0.0846. The molecule has 0 unspecified atom stereocenters. The van der Waals surface area contributed by atoms with E-state index in [1.807, 2.05) is 13.8 Å². The van der Waals surface area contributed by atoms with Crippen molar-refractivity contribution in [1.29, 1.82) is 0 Å². The zero-order valence-corrected chi connectivity index (χ0v) is 17.2. The second-order valence-corrected chi connectivity index (χ2v) is 8.68. The van der Waals surface area contributed by atoms with Gasteiger partial charge in [0.1, 0.15) is 5.75 Å². The van der Waals surface area contributed by atoms with E-state index >= 15 is 0 Å². The Morgan fingerprint density at radius 3 is 2.24 bits per heavy atom. The van der Waals surface area contributed by atoms with Crippen molar-refractivity contribution in [3.05, 3.63) is 59.2 Å². The number of amides is 2. The number of nitrogens with one attached hydrogen (secondary N) is 2. The van der Waals surface area contributed by atoms with E-state index in [-0.39, 0.29) is 6.04 Å². The average molecular weight is 417 g/mol. The second-order valence-electron chi connectivity index (χ2n) is 6.82. The van der Waals surface area contributed by atoms with Crippen LogP contribution >= 0.6 is 0 Å². The van der Waals surface area contributed by atoms with Crippen LogP contribution in [0.2, 0.25) is 0 Å². The molecule has 2 amide bonds. The molecule has 1 atom stereocenters. The fraction of sp³-hybridized carbons (Fsp3) is 0.300. The molecule has 0 saturated carbocycles. The molecular weight excluding hydrogens is 394 g/mol. The van der Waals surface area contributed by atoms with Gasteiger partial charge >= 0.3 is 0 Å². The van der Waals surface area contributed by atoms with Gasteiger partial charge in [0.25, 0.3) is 11.8 Å². The topological polar surface area (TPSA) is 105 Å². The van der Waals surface area contributed by atoms with Crippen LogP contribution in [0.3, 0.4) is 0 Å².